The van der Waals surface area contributed by atoms with E-state index in [-0.39, 0.29) is 16.6 Å². The zero-order valence-corrected chi connectivity index (χ0v) is 15.5. The molecule has 3 aromatic rings. The molecule has 26 heavy (non-hydrogen) atoms. The number of sulfone groups is 1. The molecular formula is C18H11ClFNO3S2. The number of nitrogens with one attached hydrogen (secondary N) is 1. The average Bonchev–Trinajstić information content (AvgIpc) is 3.00. The minimum Gasteiger partial charge on any atom is -0.321 e. The van der Waals surface area contributed by atoms with Gasteiger partial charge < -0.3 is 5.32 Å². The Bertz CT molecular complexity index is 1140. The van der Waals surface area contributed by atoms with Crippen molar-refractivity contribution in [2.75, 3.05) is 5.32 Å². The number of amides is 1. The molecule has 0 saturated carbocycles. The highest BCUT2D eigenvalue weighted by molar-refractivity contribution is 7.91. The van der Waals surface area contributed by atoms with Crippen LogP contribution in [0.25, 0.3) is 10.4 Å². The van der Waals surface area contributed by atoms with Gasteiger partial charge in [0, 0.05) is 21.2 Å². The molecule has 8 heteroatoms. The average molecular weight is 408 g/mol. The van der Waals surface area contributed by atoms with Crippen molar-refractivity contribution in [2.45, 2.75) is 10.6 Å². The zero-order valence-electron chi connectivity index (χ0n) is 13.1. The molecule has 1 amide bonds. The maximum atomic E-state index is 13.0. The number of hydrogen-bond acceptors (Lipinski definition) is 4. The molecule has 1 N–H and O–H groups in total. The van der Waals surface area contributed by atoms with Gasteiger partial charge in [-0.3, -0.25) is 4.79 Å². The second-order valence-electron chi connectivity index (χ2n) is 5.83. The molecule has 0 unspecified atom stereocenters. The molecule has 2 aromatic carbocycles. The summed E-state index contributed by atoms with van der Waals surface area (Å²) in [4.78, 5) is 13.8. The molecular weight excluding hydrogens is 397 g/mol. The minimum absolute atomic E-state index is 0.171. The molecule has 0 fully saturated rings. The first-order valence-corrected chi connectivity index (χ1v) is 10.4. The number of thiophene rings is 1. The molecule has 1 aliphatic heterocycles. The van der Waals surface area contributed by atoms with Crippen LogP contribution in [0.3, 0.4) is 0 Å². The van der Waals surface area contributed by atoms with Gasteiger partial charge in [-0.2, -0.15) is 0 Å². The molecule has 0 bridgehead atoms. The van der Waals surface area contributed by atoms with Crippen molar-refractivity contribution in [2.24, 2.45) is 0 Å². The van der Waals surface area contributed by atoms with Gasteiger partial charge in [-0.25, -0.2) is 12.8 Å². The van der Waals surface area contributed by atoms with Crippen molar-refractivity contribution >= 4 is 44.4 Å². The molecule has 0 spiro atoms. The summed E-state index contributed by atoms with van der Waals surface area (Å²) in [7, 11) is -3.51. The molecule has 1 aliphatic rings. The Morgan fingerprint density at radius 1 is 1.12 bits per heavy atom. The lowest BCUT2D eigenvalue weighted by Gasteiger charge is -2.16. The van der Waals surface area contributed by atoms with E-state index in [9.17, 15) is 17.6 Å². The number of hydrogen-bond donors (Lipinski definition) is 1. The van der Waals surface area contributed by atoms with Crippen LogP contribution in [-0.2, 0) is 15.6 Å². The van der Waals surface area contributed by atoms with Gasteiger partial charge in [0.2, 0.25) is 0 Å². The monoisotopic (exact) mass is 407 g/mol. The van der Waals surface area contributed by atoms with Crippen LogP contribution >= 0.6 is 22.9 Å². The number of rotatable bonds is 2. The van der Waals surface area contributed by atoms with Crippen molar-refractivity contribution in [1.82, 2.24) is 0 Å². The molecule has 132 valence electrons. The third-order valence-electron chi connectivity index (χ3n) is 4.00. The van der Waals surface area contributed by atoms with Crippen LogP contribution in [0.5, 0.6) is 0 Å². The van der Waals surface area contributed by atoms with Crippen LogP contribution in [0.2, 0.25) is 5.02 Å². The lowest BCUT2D eigenvalue weighted by Crippen LogP contribution is -2.11. The number of benzene rings is 2. The highest BCUT2D eigenvalue weighted by Crippen LogP contribution is 2.43. The lowest BCUT2D eigenvalue weighted by atomic mass is 10.1. The zero-order chi connectivity index (χ0) is 18.5. The predicted molar refractivity (Wildman–Crippen MR) is 100 cm³/mol. The fourth-order valence-electron chi connectivity index (χ4n) is 2.83. The van der Waals surface area contributed by atoms with E-state index in [1.807, 2.05) is 0 Å². The van der Waals surface area contributed by atoms with Crippen LogP contribution < -0.4 is 5.32 Å². The summed E-state index contributed by atoms with van der Waals surface area (Å²) in [5, 5.41) is 3.03. The van der Waals surface area contributed by atoms with Crippen LogP contribution in [0.15, 0.2) is 53.4 Å². The maximum absolute atomic E-state index is 13.0. The van der Waals surface area contributed by atoms with Gasteiger partial charge in [-0.15, -0.1) is 11.3 Å². The summed E-state index contributed by atoms with van der Waals surface area (Å²) in [5.41, 5.74) is 1.61. The van der Waals surface area contributed by atoms with Crippen molar-refractivity contribution in [3.63, 3.8) is 0 Å². The minimum atomic E-state index is -3.51. The Morgan fingerprint density at radius 2 is 1.85 bits per heavy atom. The van der Waals surface area contributed by atoms with Crippen LogP contribution in [-0.4, -0.2) is 14.3 Å². The highest BCUT2D eigenvalue weighted by Gasteiger charge is 2.31. The molecule has 4 nitrogen and oxygen atoms in total. The third kappa shape index (κ3) is 3.02. The van der Waals surface area contributed by atoms with Gasteiger partial charge in [0.25, 0.3) is 5.91 Å². The summed E-state index contributed by atoms with van der Waals surface area (Å²) < 4.78 is 38.0. The molecule has 0 atom stereocenters. The van der Waals surface area contributed by atoms with E-state index in [1.54, 1.807) is 18.2 Å². The first kappa shape index (κ1) is 17.2. The molecule has 4 rings (SSSR count). The summed E-state index contributed by atoms with van der Waals surface area (Å²) in [5.74, 6) is -0.935. The van der Waals surface area contributed by atoms with Crippen LogP contribution in [0.4, 0.5) is 10.1 Å². The van der Waals surface area contributed by atoms with E-state index in [0.29, 0.717) is 26.7 Å². The third-order valence-corrected chi connectivity index (χ3v) is 7.15. The van der Waals surface area contributed by atoms with Crippen molar-refractivity contribution in [1.29, 1.82) is 0 Å². The van der Waals surface area contributed by atoms with E-state index >= 15 is 0 Å². The van der Waals surface area contributed by atoms with Crippen molar-refractivity contribution < 1.29 is 17.6 Å². The summed E-state index contributed by atoms with van der Waals surface area (Å²) in [6.45, 7) is 0. The van der Waals surface area contributed by atoms with Crippen LogP contribution in [0.1, 0.15) is 15.2 Å². The number of carbonyl (C=O) groups is 1. The Labute approximate surface area is 158 Å². The first-order chi connectivity index (χ1) is 12.3. The fraction of sp³-hybridized carbons (Fsp3) is 0.0556. The van der Waals surface area contributed by atoms with Gasteiger partial charge in [0.1, 0.15) is 5.82 Å². The van der Waals surface area contributed by atoms with E-state index < -0.39 is 15.7 Å². The summed E-state index contributed by atoms with van der Waals surface area (Å²) >= 11 is 7.16. The number of anilines is 1. The first-order valence-electron chi connectivity index (χ1n) is 7.56. The maximum Gasteiger partial charge on any atom is 0.265 e. The molecule has 0 aliphatic carbocycles. The Kier molecular flexibility index (Phi) is 4.10. The topological polar surface area (TPSA) is 63.2 Å². The molecule has 2 heterocycles. The lowest BCUT2D eigenvalue weighted by molar-refractivity contribution is 0.103. The van der Waals surface area contributed by atoms with Gasteiger partial charge >= 0.3 is 0 Å². The van der Waals surface area contributed by atoms with Gasteiger partial charge in [-0.05, 0) is 48.0 Å². The molecule has 0 radical (unpaired) electrons. The Hall–Kier alpha value is -2.22. The normalized spacial score (nSPS) is 14.4. The Morgan fingerprint density at radius 3 is 2.58 bits per heavy atom. The van der Waals surface area contributed by atoms with Crippen molar-refractivity contribution in [3.05, 3.63) is 69.8 Å². The molecule has 1 aromatic heterocycles. The number of fused-ring (bicyclic) bond motifs is 3. The quantitative estimate of drug-likeness (QED) is 0.666. The Balaban J connectivity index is 1.72. The van der Waals surface area contributed by atoms with E-state index in [4.69, 9.17) is 11.6 Å². The second kappa shape index (κ2) is 6.19. The predicted octanol–water partition coefficient (Wildman–Crippen LogP) is 4.75. The standard InChI is InChI=1S/C18H11ClFNO3S2/c19-11-1-6-14-16(8-11)26(23,24)9-10-7-15(25-17(10)14)18(22)21-13-4-2-12(20)3-5-13/h1-8H,9H2,(H,21,22). The van der Waals surface area contributed by atoms with Gasteiger partial charge in [-0.1, -0.05) is 17.7 Å². The van der Waals surface area contributed by atoms with Gasteiger partial charge in [0.05, 0.1) is 15.5 Å². The van der Waals surface area contributed by atoms with E-state index in [2.05, 4.69) is 5.32 Å². The van der Waals surface area contributed by atoms with Crippen LogP contribution in [0, 0.1) is 5.82 Å². The van der Waals surface area contributed by atoms with Crippen molar-refractivity contribution in [3.8, 4) is 10.4 Å². The van der Waals surface area contributed by atoms with E-state index in [1.165, 1.54) is 41.7 Å². The summed E-state index contributed by atoms with van der Waals surface area (Å²) in [6.07, 6.45) is 0. The molecule has 0 saturated heterocycles. The van der Waals surface area contributed by atoms with Gasteiger partial charge in [0.15, 0.2) is 9.84 Å². The number of halogens is 2. The fourth-order valence-corrected chi connectivity index (χ4v) is 5.94. The highest BCUT2D eigenvalue weighted by atomic mass is 35.5. The second-order valence-corrected chi connectivity index (χ2v) is 9.27. The largest absolute Gasteiger partial charge is 0.321 e. The smallest absolute Gasteiger partial charge is 0.265 e. The SMILES string of the molecule is O=C(Nc1ccc(F)cc1)c1cc2c(s1)-c1ccc(Cl)cc1S(=O)(=O)C2. The van der Waals surface area contributed by atoms with E-state index in [0.717, 1.165) is 4.88 Å². The number of carbonyl (C=O) groups excluding carboxylic acids is 1. The summed E-state index contributed by atoms with van der Waals surface area (Å²) in [6, 6.07) is 11.7.